The Morgan fingerprint density at radius 3 is 2.24 bits per heavy atom. The molecule has 0 spiro atoms. The van der Waals surface area contributed by atoms with Crippen LogP contribution in [-0.4, -0.2) is 29.0 Å². The number of hydrogen-bond acceptors (Lipinski definition) is 3. The molecule has 17 heavy (non-hydrogen) atoms. The van der Waals surface area contributed by atoms with E-state index in [1.54, 1.807) is 20.8 Å². The Hall–Kier alpha value is -1.19. The van der Waals surface area contributed by atoms with E-state index >= 15 is 0 Å². The van der Waals surface area contributed by atoms with Gasteiger partial charge in [0, 0.05) is 17.8 Å². The highest BCUT2D eigenvalue weighted by atomic mass is 16.2. The normalized spacial score (nSPS) is 21.5. The van der Waals surface area contributed by atoms with Crippen LogP contribution in [0.15, 0.2) is 0 Å². The predicted molar refractivity (Wildman–Crippen MR) is 64.1 cm³/mol. The second kappa shape index (κ2) is 4.59. The molecular weight excluding hydrogens is 218 g/mol. The lowest BCUT2D eigenvalue weighted by Crippen LogP contribution is -2.40. The van der Waals surface area contributed by atoms with Crippen LogP contribution >= 0.6 is 0 Å². The Balaban J connectivity index is 2.77. The van der Waals surface area contributed by atoms with Gasteiger partial charge in [0.1, 0.15) is 0 Å². The molecule has 0 aromatic rings. The SMILES string of the molecule is CC(C)C1CC(=O)N(CC(=O)C(C)(C)C)C1=O. The number of carbonyl (C=O) groups is 3. The van der Waals surface area contributed by atoms with Crippen molar-refractivity contribution < 1.29 is 14.4 Å². The zero-order valence-electron chi connectivity index (χ0n) is 11.2. The van der Waals surface area contributed by atoms with Gasteiger partial charge in [0.15, 0.2) is 5.78 Å². The molecule has 1 aliphatic rings. The first-order valence-electron chi connectivity index (χ1n) is 6.02. The van der Waals surface area contributed by atoms with Gasteiger partial charge in [-0.1, -0.05) is 34.6 Å². The van der Waals surface area contributed by atoms with Gasteiger partial charge in [0.2, 0.25) is 11.8 Å². The van der Waals surface area contributed by atoms with Crippen molar-refractivity contribution in [2.24, 2.45) is 17.3 Å². The second-order valence-corrected chi connectivity index (χ2v) is 6.05. The molecule has 1 aliphatic heterocycles. The van der Waals surface area contributed by atoms with E-state index in [4.69, 9.17) is 0 Å². The number of rotatable bonds is 3. The quantitative estimate of drug-likeness (QED) is 0.703. The number of amides is 2. The molecule has 0 bridgehead atoms. The number of hydrogen-bond donors (Lipinski definition) is 0. The summed E-state index contributed by atoms with van der Waals surface area (Å²) in [5.41, 5.74) is -0.517. The zero-order valence-corrected chi connectivity index (χ0v) is 11.2. The van der Waals surface area contributed by atoms with Gasteiger partial charge >= 0.3 is 0 Å². The van der Waals surface area contributed by atoms with Crippen LogP contribution in [0.25, 0.3) is 0 Å². The van der Waals surface area contributed by atoms with Gasteiger partial charge in [-0.2, -0.15) is 0 Å². The van der Waals surface area contributed by atoms with Gasteiger partial charge < -0.3 is 0 Å². The summed E-state index contributed by atoms with van der Waals surface area (Å²) >= 11 is 0. The third kappa shape index (κ3) is 2.93. The highest BCUT2D eigenvalue weighted by molar-refractivity contribution is 6.06. The number of Topliss-reactive ketones (excluding diaryl/α,β-unsaturated/α-hetero) is 1. The van der Waals surface area contributed by atoms with Crippen molar-refractivity contribution >= 4 is 17.6 Å². The summed E-state index contributed by atoms with van der Waals surface area (Å²) < 4.78 is 0. The van der Waals surface area contributed by atoms with Gasteiger partial charge in [0.05, 0.1) is 6.54 Å². The van der Waals surface area contributed by atoms with E-state index in [1.165, 1.54) is 0 Å². The second-order valence-electron chi connectivity index (χ2n) is 6.05. The minimum Gasteiger partial charge on any atom is -0.297 e. The molecule has 1 rings (SSSR count). The average molecular weight is 239 g/mol. The summed E-state index contributed by atoms with van der Waals surface area (Å²) in [5, 5.41) is 0. The lowest BCUT2D eigenvalue weighted by atomic mass is 9.90. The third-order valence-corrected chi connectivity index (χ3v) is 3.22. The lowest BCUT2D eigenvalue weighted by molar-refractivity contribution is -0.144. The van der Waals surface area contributed by atoms with Crippen LogP contribution in [-0.2, 0) is 14.4 Å². The smallest absolute Gasteiger partial charge is 0.233 e. The van der Waals surface area contributed by atoms with Crippen LogP contribution in [0.5, 0.6) is 0 Å². The van der Waals surface area contributed by atoms with Crippen LogP contribution in [0, 0.1) is 17.3 Å². The van der Waals surface area contributed by atoms with Crippen LogP contribution in [0.1, 0.15) is 41.0 Å². The molecule has 0 saturated carbocycles. The molecule has 2 amide bonds. The van der Waals surface area contributed by atoms with Crippen molar-refractivity contribution in [1.82, 2.24) is 4.90 Å². The minimum absolute atomic E-state index is 0.0790. The molecule has 4 heteroatoms. The molecule has 1 atom stereocenters. The maximum Gasteiger partial charge on any atom is 0.233 e. The first-order chi connectivity index (χ1) is 7.64. The van der Waals surface area contributed by atoms with Crippen molar-refractivity contribution in [3.8, 4) is 0 Å². The Labute approximate surface area is 102 Å². The Bertz CT molecular complexity index is 352. The van der Waals surface area contributed by atoms with Gasteiger partial charge in [-0.3, -0.25) is 19.3 Å². The van der Waals surface area contributed by atoms with E-state index in [-0.39, 0.29) is 42.4 Å². The van der Waals surface area contributed by atoms with Gasteiger partial charge in [-0.25, -0.2) is 0 Å². The summed E-state index contributed by atoms with van der Waals surface area (Å²) in [5.74, 6) is -0.603. The molecule has 1 saturated heterocycles. The predicted octanol–water partition coefficient (Wildman–Crippen LogP) is 1.63. The summed E-state index contributed by atoms with van der Waals surface area (Å²) in [7, 11) is 0. The topological polar surface area (TPSA) is 54.5 Å². The third-order valence-electron chi connectivity index (χ3n) is 3.22. The largest absolute Gasteiger partial charge is 0.297 e. The zero-order chi connectivity index (χ0) is 13.4. The maximum atomic E-state index is 12.0. The van der Waals surface area contributed by atoms with E-state index in [2.05, 4.69) is 0 Å². The van der Waals surface area contributed by atoms with E-state index < -0.39 is 5.41 Å². The summed E-state index contributed by atoms with van der Waals surface area (Å²) in [6, 6.07) is 0. The molecular formula is C13H21NO3. The van der Waals surface area contributed by atoms with Crippen molar-refractivity contribution in [3.63, 3.8) is 0 Å². The average Bonchev–Trinajstić information content (AvgIpc) is 2.44. The maximum absolute atomic E-state index is 12.0. The fraction of sp³-hybridized carbons (Fsp3) is 0.769. The van der Waals surface area contributed by atoms with Crippen LogP contribution in [0.3, 0.4) is 0 Å². The molecule has 4 nitrogen and oxygen atoms in total. The summed E-state index contributed by atoms with van der Waals surface area (Å²) in [4.78, 5) is 36.7. The van der Waals surface area contributed by atoms with Crippen molar-refractivity contribution in [1.29, 1.82) is 0 Å². The minimum atomic E-state index is -0.517. The number of carbonyl (C=O) groups excluding carboxylic acids is 3. The standard InChI is InChI=1S/C13H21NO3/c1-8(2)9-6-11(16)14(12(9)17)7-10(15)13(3,4)5/h8-9H,6-7H2,1-5H3. The number of imide groups is 1. The number of nitrogens with zero attached hydrogens (tertiary/aromatic N) is 1. The summed E-state index contributed by atoms with van der Waals surface area (Å²) in [6.07, 6.45) is 0.244. The molecule has 0 aromatic heterocycles. The number of ketones is 1. The van der Waals surface area contributed by atoms with Gasteiger partial charge in [0.25, 0.3) is 0 Å². The first-order valence-corrected chi connectivity index (χ1v) is 6.02. The highest BCUT2D eigenvalue weighted by Crippen LogP contribution is 2.27. The first kappa shape index (κ1) is 13.9. The highest BCUT2D eigenvalue weighted by Gasteiger charge is 2.41. The van der Waals surface area contributed by atoms with E-state index in [9.17, 15) is 14.4 Å². The molecule has 1 heterocycles. The Morgan fingerprint density at radius 2 is 1.88 bits per heavy atom. The molecule has 0 radical (unpaired) electrons. The van der Waals surface area contributed by atoms with Crippen molar-refractivity contribution in [2.45, 2.75) is 41.0 Å². The molecule has 0 aromatic carbocycles. The monoisotopic (exact) mass is 239 g/mol. The Morgan fingerprint density at radius 1 is 1.35 bits per heavy atom. The molecule has 96 valence electrons. The van der Waals surface area contributed by atoms with Crippen molar-refractivity contribution in [3.05, 3.63) is 0 Å². The van der Waals surface area contributed by atoms with Crippen LogP contribution in [0.4, 0.5) is 0 Å². The number of likely N-dealkylation sites (tertiary alicyclic amines) is 1. The molecule has 0 aliphatic carbocycles. The molecule has 0 N–H and O–H groups in total. The van der Waals surface area contributed by atoms with Crippen molar-refractivity contribution in [2.75, 3.05) is 6.54 Å². The molecule has 1 fully saturated rings. The van der Waals surface area contributed by atoms with Crippen LogP contribution < -0.4 is 0 Å². The van der Waals surface area contributed by atoms with Gasteiger partial charge in [-0.05, 0) is 5.92 Å². The Kier molecular flexibility index (Phi) is 3.74. The van der Waals surface area contributed by atoms with Crippen LogP contribution in [0.2, 0.25) is 0 Å². The lowest BCUT2D eigenvalue weighted by Gasteiger charge is -2.21. The summed E-state index contributed by atoms with van der Waals surface area (Å²) in [6.45, 7) is 9.14. The van der Waals surface area contributed by atoms with E-state index in [1.807, 2.05) is 13.8 Å². The fourth-order valence-electron chi connectivity index (χ4n) is 1.78. The van der Waals surface area contributed by atoms with Gasteiger partial charge in [-0.15, -0.1) is 0 Å². The molecule has 1 unspecified atom stereocenters. The fourth-order valence-corrected chi connectivity index (χ4v) is 1.78. The van der Waals surface area contributed by atoms with E-state index in [0.29, 0.717) is 0 Å². The van der Waals surface area contributed by atoms with E-state index in [0.717, 1.165) is 4.90 Å².